The van der Waals surface area contributed by atoms with Gasteiger partial charge in [-0.3, -0.25) is 14.4 Å². The zero-order chi connectivity index (χ0) is 21.9. The zero-order valence-electron chi connectivity index (χ0n) is 16.5. The number of imide groups is 1. The van der Waals surface area contributed by atoms with Crippen LogP contribution in [0.2, 0.25) is 0 Å². The fourth-order valence-electron chi connectivity index (χ4n) is 4.92. The summed E-state index contributed by atoms with van der Waals surface area (Å²) in [4.78, 5) is 40.7. The maximum atomic E-state index is 13.8. The number of fused-ring (bicyclic) bond motifs is 3. The van der Waals surface area contributed by atoms with Gasteiger partial charge in [-0.1, -0.05) is 18.2 Å². The van der Waals surface area contributed by atoms with Crippen LogP contribution in [0.25, 0.3) is 0 Å². The second kappa shape index (κ2) is 6.44. The van der Waals surface area contributed by atoms with Gasteiger partial charge in [-0.05, 0) is 18.2 Å². The lowest BCUT2D eigenvalue weighted by molar-refractivity contribution is -0.128. The van der Waals surface area contributed by atoms with Gasteiger partial charge >= 0.3 is 0 Å². The lowest BCUT2D eigenvalue weighted by Crippen LogP contribution is -2.50. The summed E-state index contributed by atoms with van der Waals surface area (Å²) < 4.78 is 11.2. The second-order valence-electron chi connectivity index (χ2n) is 7.72. The Morgan fingerprint density at radius 1 is 1.23 bits per heavy atom. The molecule has 0 fully saturated rings. The highest BCUT2D eigenvalue weighted by Gasteiger charge is 2.63. The van der Waals surface area contributed by atoms with Crippen LogP contribution in [0.5, 0.6) is 0 Å². The van der Waals surface area contributed by atoms with Crippen molar-refractivity contribution < 1.29 is 23.5 Å². The minimum Gasteiger partial charge on any atom is -0.469 e. The molecule has 0 saturated carbocycles. The van der Waals surface area contributed by atoms with E-state index in [1.165, 1.54) is 13.2 Å². The van der Waals surface area contributed by atoms with Crippen molar-refractivity contribution in [2.24, 2.45) is 5.73 Å². The number of allylic oxidation sites excluding steroid dienone is 1. The number of rotatable bonds is 1. The van der Waals surface area contributed by atoms with Gasteiger partial charge in [0, 0.05) is 31.2 Å². The van der Waals surface area contributed by atoms with E-state index in [-0.39, 0.29) is 47.3 Å². The Morgan fingerprint density at radius 2 is 2.00 bits per heavy atom. The fraction of sp³-hybridized carbons (Fsp3) is 0.217. The number of Topliss-reactive ketones (excluding diaryl/α,β-unsaturated/α-hetero) is 1. The number of hydrogen-bond acceptors (Lipinski definition) is 7. The molecule has 1 aromatic heterocycles. The average molecular weight is 415 g/mol. The van der Waals surface area contributed by atoms with Crippen molar-refractivity contribution in [3.05, 3.63) is 76.8 Å². The van der Waals surface area contributed by atoms with E-state index >= 15 is 0 Å². The molecule has 1 aromatic carbocycles. The molecule has 154 valence electrons. The van der Waals surface area contributed by atoms with Crippen LogP contribution in [0, 0.1) is 11.3 Å². The Hall–Kier alpha value is -4.12. The van der Waals surface area contributed by atoms with Gasteiger partial charge in [-0.2, -0.15) is 5.26 Å². The SMILES string of the molecule is CC(=O)N1C(=O)[C@]2(C(C#N)=C(N)OC3=C2C(=O)C[C@H](c2ccco2)C3)c2ccccc21. The van der Waals surface area contributed by atoms with Crippen LogP contribution in [0.4, 0.5) is 5.69 Å². The first-order valence-electron chi connectivity index (χ1n) is 9.74. The van der Waals surface area contributed by atoms with Crippen LogP contribution in [0.3, 0.4) is 0 Å². The van der Waals surface area contributed by atoms with Crippen molar-refractivity contribution in [1.82, 2.24) is 0 Å². The van der Waals surface area contributed by atoms with Crippen molar-refractivity contribution in [2.75, 3.05) is 4.90 Å². The number of benzene rings is 1. The molecule has 0 bridgehead atoms. The third-order valence-electron chi connectivity index (χ3n) is 6.10. The normalized spacial score (nSPS) is 24.8. The Morgan fingerprint density at radius 3 is 2.68 bits per heavy atom. The van der Waals surface area contributed by atoms with Gasteiger partial charge in [0.15, 0.2) is 5.78 Å². The minimum atomic E-state index is -1.81. The van der Waals surface area contributed by atoms with Crippen LogP contribution in [0.1, 0.15) is 37.0 Å². The second-order valence-corrected chi connectivity index (χ2v) is 7.72. The molecule has 31 heavy (non-hydrogen) atoms. The van der Waals surface area contributed by atoms with Gasteiger partial charge in [0.05, 0.1) is 17.5 Å². The summed E-state index contributed by atoms with van der Waals surface area (Å²) >= 11 is 0. The van der Waals surface area contributed by atoms with E-state index in [4.69, 9.17) is 14.9 Å². The molecule has 2 aliphatic heterocycles. The van der Waals surface area contributed by atoms with Crippen molar-refractivity contribution in [2.45, 2.75) is 31.1 Å². The van der Waals surface area contributed by atoms with Gasteiger partial charge in [0.2, 0.25) is 11.8 Å². The average Bonchev–Trinajstić information content (AvgIpc) is 3.34. The number of carbonyl (C=O) groups excluding carboxylic acids is 3. The highest BCUT2D eigenvalue weighted by Crippen LogP contribution is 2.56. The molecule has 8 nitrogen and oxygen atoms in total. The van der Waals surface area contributed by atoms with Gasteiger partial charge in [-0.15, -0.1) is 0 Å². The number of ether oxygens (including phenoxy) is 1. The summed E-state index contributed by atoms with van der Waals surface area (Å²) in [5.41, 5.74) is 4.89. The van der Waals surface area contributed by atoms with Crippen LogP contribution >= 0.6 is 0 Å². The molecular weight excluding hydrogens is 398 g/mol. The van der Waals surface area contributed by atoms with Crippen molar-refractivity contribution in [3.63, 3.8) is 0 Å². The Bertz CT molecular complexity index is 1260. The number of hydrogen-bond donors (Lipinski definition) is 1. The summed E-state index contributed by atoms with van der Waals surface area (Å²) in [7, 11) is 0. The summed E-state index contributed by atoms with van der Waals surface area (Å²) in [5.74, 6) is -1.25. The summed E-state index contributed by atoms with van der Waals surface area (Å²) in [5, 5.41) is 9.96. The molecule has 1 aliphatic carbocycles. The topological polar surface area (TPSA) is 127 Å². The predicted molar refractivity (Wildman–Crippen MR) is 107 cm³/mol. The van der Waals surface area contributed by atoms with E-state index in [2.05, 4.69) is 0 Å². The molecule has 0 unspecified atom stereocenters. The first-order chi connectivity index (χ1) is 14.9. The molecule has 2 atom stereocenters. The number of amides is 2. The van der Waals surface area contributed by atoms with Crippen molar-refractivity contribution in [3.8, 4) is 6.07 Å². The van der Waals surface area contributed by atoms with Crippen LogP contribution < -0.4 is 10.6 Å². The Balaban J connectivity index is 1.80. The van der Waals surface area contributed by atoms with Crippen LogP contribution in [-0.2, 0) is 24.5 Å². The standard InChI is InChI=1S/C23H17N3O5/c1-12(27)26-16-6-3-2-5-14(16)23(22(26)29)15(11-24)21(25)31-19-10-13(9-17(28)20(19)23)18-7-4-8-30-18/h2-8,13H,9-10,25H2,1H3/t13-,23-/m0/s1. The van der Waals surface area contributed by atoms with Crippen molar-refractivity contribution in [1.29, 1.82) is 5.26 Å². The first-order valence-corrected chi connectivity index (χ1v) is 9.74. The van der Waals surface area contributed by atoms with E-state index in [1.807, 2.05) is 6.07 Å². The molecule has 3 heterocycles. The molecule has 3 aliphatic rings. The smallest absolute Gasteiger partial charge is 0.254 e. The van der Waals surface area contributed by atoms with Crippen LogP contribution in [-0.4, -0.2) is 17.6 Å². The third kappa shape index (κ3) is 2.31. The number of carbonyl (C=O) groups is 3. The largest absolute Gasteiger partial charge is 0.469 e. The molecule has 5 rings (SSSR count). The van der Waals surface area contributed by atoms with Crippen LogP contribution in [0.15, 0.2) is 69.9 Å². The highest BCUT2D eigenvalue weighted by molar-refractivity contribution is 6.28. The maximum Gasteiger partial charge on any atom is 0.254 e. The number of para-hydroxylation sites is 1. The summed E-state index contributed by atoms with van der Waals surface area (Å²) in [6.07, 6.45) is 1.87. The molecule has 8 heteroatoms. The lowest BCUT2D eigenvalue weighted by atomic mass is 9.64. The highest BCUT2D eigenvalue weighted by atomic mass is 16.5. The number of anilines is 1. The van der Waals surface area contributed by atoms with E-state index in [0.29, 0.717) is 17.0 Å². The molecule has 2 aromatic rings. The molecule has 0 radical (unpaired) electrons. The van der Waals surface area contributed by atoms with Crippen molar-refractivity contribution >= 4 is 23.3 Å². The predicted octanol–water partition coefficient (Wildman–Crippen LogP) is 2.54. The monoisotopic (exact) mass is 415 g/mol. The minimum absolute atomic E-state index is 0.0715. The quantitative estimate of drug-likeness (QED) is 0.758. The Labute approximate surface area is 177 Å². The van der Waals surface area contributed by atoms with Gasteiger partial charge in [0.25, 0.3) is 5.91 Å². The van der Waals surface area contributed by atoms with E-state index in [0.717, 1.165) is 4.90 Å². The number of nitriles is 1. The summed E-state index contributed by atoms with van der Waals surface area (Å²) in [6.45, 7) is 1.26. The number of nitrogens with zero attached hydrogens (tertiary/aromatic N) is 2. The number of ketones is 1. The van der Waals surface area contributed by atoms with Gasteiger partial charge in [0.1, 0.15) is 28.6 Å². The first kappa shape index (κ1) is 18.9. The lowest BCUT2D eigenvalue weighted by Gasteiger charge is -2.38. The number of furan rings is 1. The summed E-state index contributed by atoms with van der Waals surface area (Å²) in [6, 6.07) is 12.1. The maximum absolute atomic E-state index is 13.8. The molecule has 0 saturated heterocycles. The molecule has 2 amide bonds. The molecule has 1 spiro atoms. The molecule has 2 N–H and O–H groups in total. The van der Waals surface area contributed by atoms with E-state index in [9.17, 15) is 19.6 Å². The van der Waals surface area contributed by atoms with E-state index < -0.39 is 17.2 Å². The Kier molecular flexibility index (Phi) is 3.92. The van der Waals surface area contributed by atoms with Gasteiger partial charge in [-0.25, -0.2) is 4.90 Å². The zero-order valence-corrected chi connectivity index (χ0v) is 16.5. The molecular formula is C23H17N3O5. The number of nitrogens with two attached hydrogens (primary N) is 1. The third-order valence-corrected chi connectivity index (χ3v) is 6.10. The van der Waals surface area contributed by atoms with E-state index in [1.54, 1.807) is 36.4 Å². The fourth-order valence-corrected chi connectivity index (χ4v) is 4.92. The van der Waals surface area contributed by atoms with Gasteiger partial charge < -0.3 is 14.9 Å².